The fourth-order valence-corrected chi connectivity index (χ4v) is 3.34. The Hall–Kier alpha value is -2.59. The van der Waals surface area contributed by atoms with Gasteiger partial charge in [0, 0.05) is 10.6 Å². The molecular formula is C20H20N2OS. The predicted molar refractivity (Wildman–Crippen MR) is 101 cm³/mol. The van der Waals surface area contributed by atoms with E-state index in [4.69, 9.17) is 0 Å². The molecule has 1 aromatic heterocycles. The van der Waals surface area contributed by atoms with Crippen molar-refractivity contribution in [2.75, 3.05) is 5.32 Å². The molecule has 0 unspecified atom stereocenters. The molecule has 1 heterocycles. The van der Waals surface area contributed by atoms with Crippen LogP contribution in [0, 0.1) is 0 Å². The van der Waals surface area contributed by atoms with Crippen molar-refractivity contribution < 1.29 is 4.79 Å². The molecule has 4 heteroatoms. The van der Waals surface area contributed by atoms with Crippen molar-refractivity contribution in [3.05, 3.63) is 88.1 Å². The lowest BCUT2D eigenvalue weighted by molar-refractivity contribution is 0.250. The zero-order valence-corrected chi connectivity index (χ0v) is 14.3. The van der Waals surface area contributed by atoms with Gasteiger partial charge in [-0.1, -0.05) is 55.5 Å². The van der Waals surface area contributed by atoms with Gasteiger partial charge in [0.1, 0.15) is 0 Å². The first-order valence-electron chi connectivity index (χ1n) is 8.01. The molecule has 24 heavy (non-hydrogen) atoms. The molecule has 3 rings (SSSR count). The van der Waals surface area contributed by atoms with Crippen molar-refractivity contribution in [2.45, 2.75) is 19.4 Å². The van der Waals surface area contributed by atoms with Crippen molar-refractivity contribution in [3.63, 3.8) is 0 Å². The van der Waals surface area contributed by atoms with Gasteiger partial charge in [0.15, 0.2) is 0 Å². The standard InChI is InChI=1S/C20H20N2OS/c1-2-15-10-12-16(13-11-15)19(18-9-6-14-24-18)22-20(23)21-17-7-4-3-5-8-17/h3-14,19H,2H2,1H3,(H2,21,22,23)/t19-/m1/s1. The van der Waals surface area contributed by atoms with Crippen molar-refractivity contribution in [1.29, 1.82) is 0 Å². The molecule has 0 aliphatic carbocycles. The molecule has 2 aromatic carbocycles. The molecule has 0 fully saturated rings. The van der Waals surface area contributed by atoms with Gasteiger partial charge in [0.25, 0.3) is 0 Å². The van der Waals surface area contributed by atoms with Crippen LogP contribution in [0.5, 0.6) is 0 Å². The highest BCUT2D eigenvalue weighted by Gasteiger charge is 2.17. The first-order valence-corrected chi connectivity index (χ1v) is 8.89. The molecule has 3 nitrogen and oxygen atoms in total. The maximum Gasteiger partial charge on any atom is 0.320 e. The van der Waals surface area contributed by atoms with Crippen LogP contribution in [0.1, 0.15) is 29.0 Å². The normalized spacial score (nSPS) is 11.7. The topological polar surface area (TPSA) is 41.1 Å². The molecule has 0 radical (unpaired) electrons. The lowest BCUT2D eigenvalue weighted by Gasteiger charge is -2.19. The van der Waals surface area contributed by atoms with E-state index < -0.39 is 0 Å². The summed E-state index contributed by atoms with van der Waals surface area (Å²) in [6.07, 6.45) is 1.01. The summed E-state index contributed by atoms with van der Waals surface area (Å²) in [5.74, 6) is 0. The number of urea groups is 1. The Bertz CT molecular complexity index is 767. The molecule has 2 amide bonds. The molecule has 122 valence electrons. The maximum atomic E-state index is 12.4. The second kappa shape index (κ2) is 7.79. The van der Waals surface area contributed by atoms with E-state index in [0.29, 0.717) is 0 Å². The minimum atomic E-state index is -0.209. The lowest BCUT2D eigenvalue weighted by atomic mass is 10.0. The van der Waals surface area contributed by atoms with Crippen molar-refractivity contribution >= 4 is 23.1 Å². The fraction of sp³-hybridized carbons (Fsp3) is 0.150. The van der Waals surface area contributed by atoms with Gasteiger partial charge in [-0.05, 0) is 41.1 Å². The first kappa shape index (κ1) is 16.3. The highest BCUT2D eigenvalue weighted by molar-refractivity contribution is 7.10. The Kier molecular flexibility index (Phi) is 5.29. The first-order chi connectivity index (χ1) is 11.8. The Labute approximate surface area is 146 Å². The van der Waals surface area contributed by atoms with E-state index in [1.165, 1.54) is 5.56 Å². The molecule has 2 N–H and O–H groups in total. The highest BCUT2D eigenvalue weighted by Crippen LogP contribution is 2.26. The summed E-state index contributed by atoms with van der Waals surface area (Å²) in [6, 6.07) is 21.6. The minimum absolute atomic E-state index is 0.153. The van der Waals surface area contributed by atoms with E-state index in [1.54, 1.807) is 11.3 Å². The second-order valence-electron chi connectivity index (χ2n) is 5.51. The van der Waals surface area contributed by atoms with Crippen LogP contribution in [-0.4, -0.2) is 6.03 Å². The van der Waals surface area contributed by atoms with Gasteiger partial charge in [0.2, 0.25) is 0 Å². The van der Waals surface area contributed by atoms with E-state index in [1.807, 2.05) is 47.8 Å². The molecule has 0 spiro atoms. The summed E-state index contributed by atoms with van der Waals surface area (Å²) in [4.78, 5) is 13.5. The van der Waals surface area contributed by atoms with E-state index in [9.17, 15) is 4.79 Å². The van der Waals surface area contributed by atoms with Gasteiger partial charge >= 0.3 is 6.03 Å². The Morgan fingerprint density at radius 3 is 2.38 bits per heavy atom. The third kappa shape index (κ3) is 4.03. The van der Waals surface area contributed by atoms with Gasteiger partial charge in [-0.25, -0.2) is 4.79 Å². The molecule has 0 saturated carbocycles. The summed E-state index contributed by atoms with van der Waals surface area (Å²) in [5.41, 5.74) is 3.15. The quantitative estimate of drug-likeness (QED) is 0.659. The Morgan fingerprint density at radius 2 is 1.75 bits per heavy atom. The molecule has 0 bridgehead atoms. The van der Waals surface area contributed by atoms with Gasteiger partial charge in [-0.2, -0.15) is 0 Å². The number of nitrogens with one attached hydrogen (secondary N) is 2. The molecule has 1 atom stereocenters. The van der Waals surface area contributed by atoms with Crippen molar-refractivity contribution in [2.24, 2.45) is 0 Å². The third-order valence-corrected chi connectivity index (χ3v) is 4.79. The number of hydrogen-bond donors (Lipinski definition) is 2. The van der Waals surface area contributed by atoms with Gasteiger partial charge in [-0.3, -0.25) is 0 Å². The van der Waals surface area contributed by atoms with Crippen LogP contribution in [0.2, 0.25) is 0 Å². The van der Waals surface area contributed by atoms with Crippen LogP contribution >= 0.6 is 11.3 Å². The Balaban J connectivity index is 1.79. The summed E-state index contributed by atoms with van der Waals surface area (Å²) in [5, 5.41) is 7.99. The maximum absolute atomic E-state index is 12.4. The van der Waals surface area contributed by atoms with Gasteiger partial charge < -0.3 is 10.6 Å². The number of benzene rings is 2. The zero-order chi connectivity index (χ0) is 16.8. The Morgan fingerprint density at radius 1 is 1.00 bits per heavy atom. The van der Waals surface area contributed by atoms with Crippen LogP contribution in [0.3, 0.4) is 0 Å². The SMILES string of the molecule is CCc1ccc([C@@H](NC(=O)Nc2ccccc2)c2cccs2)cc1. The van der Waals surface area contributed by atoms with Crippen LogP contribution in [-0.2, 0) is 6.42 Å². The summed E-state index contributed by atoms with van der Waals surface area (Å²) in [6.45, 7) is 2.14. The molecule has 0 aliphatic heterocycles. The average Bonchev–Trinajstić information content (AvgIpc) is 3.15. The summed E-state index contributed by atoms with van der Waals surface area (Å²) in [7, 11) is 0. The van der Waals surface area contributed by atoms with Crippen LogP contribution in [0.15, 0.2) is 72.1 Å². The van der Waals surface area contributed by atoms with Gasteiger partial charge in [-0.15, -0.1) is 11.3 Å². The number of carbonyl (C=O) groups is 1. The molecule has 0 aliphatic rings. The monoisotopic (exact) mass is 336 g/mol. The number of rotatable bonds is 5. The number of anilines is 1. The van der Waals surface area contributed by atoms with Gasteiger partial charge in [0.05, 0.1) is 6.04 Å². The van der Waals surface area contributed by atoms with Crippen LogP contribution < -0.4 is 10.6 Å². The molecular weight excluding hydrogens is 316 g/mol. The summed E-state index contributed by atoms with van der Waals surface area (Å²) >= 11 is 1.64. The smallest absolute Gasteiger partial charge is 0.320 e. The zero-order valence-electron chi connectivity index (χ0n) is 13.5. The minimum Gasteiger partial charge on any atom is -0.326 e. The van der Waals surface area contributed by atoms with E-state index in [-0.39, 0.29) is 12.1 Å². The van der Waals surface area contributed by atoms with Crippen molar-refractivity contribution in [3.8, 4) is 0 Å². The number of thiophene rings is 1. The number of para-hydroxylation sites is 1. The van der Waals surface area contributed by atoms with Crippen LogP contribution in [0.4, 0.5) is 10.5 Å². The largest absolute Gasteiger partial charge is 0.326 e. The highest BCUT2D eigenvalue weighted by atomic mass is 32.1. The number of aryl methyl sites for hydroxylation is 1. The number of carbonyl (C=O) groups excluding carboxylic acids is 1. The van der Waals surface area contributed by atoms with E-state index in [0.717, 1.165) is 22.5 Å². The second-order valence-corrected chi connectivity index (χ2v) is 6.49. The third-order valence-electron chi connectivity index (χ3n) is 3.86. The molecule has 0 saturated heterocycles. The number of amides is 2. The molecule has 3 aromatic rings. The lowest BCUT2D eigenvalue weighted by Crippen LogP contribution is -2.32. The predicted octanol–water partition coefficient (Wildman–Crippen LogP) is 5.22. The number of hydrogen-bond acceptors (Lipinski definition) is 2. The van der Waals surface area contributed by atoms with Crippen molar-refractivity contribution in [1.82, 2.24) is 5.32 Å². The van der Waals surface area contributed by atoms with Crippen LogP contribution in [0.25, 0.3) is 0 Å². The fourth-order valence-electron chi connectivity index (χ4n) is 2.54. The average molecular weight is 336 g/mol. The summed E-state index contributed by atoms with van der Waals surface area (Å²) < 4.78 is 0. The van der Waals surface area contributed by atoms with E-state index >= 15 is 0 Å². The van der Waals surface area contributed by atoms with E-state index in [2.05, 4.69) is 41.8 Å².